The van der Waals surface area contributed by atoms with E-state index in [1.807, 2.05) is 30.5 Å². The molecule has 0 spiro atoms. The average molecular weight is 269 g/mol. The highest BCUT2D eigenvalue weighted by Gasteiger charge is 2.49. The van der Waals surface area contributed by atoms with Gasteiger partial charge in [-0.1, -0.05) is 18.6 Å². The first-order valence-electron chi connectivity index (χ1n) is 7.38. The van der Waals surface area contributed by atoms with Crippen LogP contribution >= 0.6 is 0 Å². The molecule has 104 valence electrons. The van der Waals surface area contributed by atoms with E-state index in [1.54, 1.807) is 0 Å². The van der Waals surface area contributed by atoms with E-state index in [-0.39, 0.29) is 5.41 Å². The van der Waals surface area contributed by atoms with Crippen molar-refractivity contribution in [3.8, 4) is 0 Å². The molecule has 2 unspecified atom stereocenters. The van der Waals surface area contributed by atoms with Crippen LogP contribution in [0.25, 0.3) is 11.0 Å². The lowest BCUT2D eigenvalue weighted by Crippen LogP contribution is -2.31. The zero-order valence-corrected chi connectivity index (χ0v) is 11.5. The lowest BCUT2D eigenvalue weighted by Gasteiger charge is -2.26. The molecule has 1 saturated heterocycles. The van der Waals surface area contributed by atoms with Crippen molar-refractivity contribution in [1.29, 1.82) is 0 Å². The van der Waals surface area contributed by atoms with E-state index in [4.69, 9.17) is 4.98 Å². The predicted molar refractivity (Wildman–Crippen MR) is 78.6 cm³/mol. The van der Waals surface area contributed by atoms with E-state index in [2.05, 4.69) is 9.88 Å². The molecule has 0 amide bonds. The third kappa shape index (κ3) is 1.71. The maximum Gasteiger partial charge on any atom is 0.147 e. The number of nitrogens with zero attached hydrogens (tertiary/aromatic N) is 3. The van der Waals surface area contributed by atoms with E-state index < -0.39 is 0 Å². The largest absolute Gasteiger partial charge is 0.396 e. The summed E-state index contributed by atoms with van der Waals surface area (Å²) in [6.45, 7) is 2.23. The third-order valence-electron chi connectivity index (χ3n) is 5.11. The highest BCUT2D eigenvalue weighted by Crippen LogP contribution is 2.48. The second-order valence-corrected chi connectivity index (χ2v) is 6.21. The Morgan fingerprint density at radius 1 is 1.30 bits per heavy atom. The molecule has 1 saturated carbocycles. The van der Waals surface area contributed by atoms with Gasteiger partial charge in [0, 0.05) is 18.5 Å². The number of hydrogen-bond acceptors (Lipinski definition) is 4. The SMILES string of the molecule is OCC12CCCC1CN(c1cnc3ccccc3n1)C2. The first-order chi connectivity index (χ1) is 9.81. The van der Waals surface area contributed by atoms with Crippen LogP contribution in [0.1, 0.15) is 19.3 Å². The molecule has 0 radical (unpaired) electrons. The monoisotopic (exact) mass is 269 g/mol. The molecule has 1 aromatic heterocycles. The van der Waals surface area contributed by atoms with Gasteiger partial charge in [0.05, 0.1) is 23.8 Å². The van der Waals surface area contributed by atoms with E-state index in [0.29, 0.717) is 12.5 Å². The third-order valence-corrected chi connectivity index (χ3v) is 5.11. The van der Waals surface area contributed by atoms with Gasteiger partial charge in [0.2, 0.25) is 0 Å². The maximum atomic E-state index is 9.80. The molecule has 1 aromatic carbocycles. The van der Waals surface area contributed by atoms with Crippen molar-refractivity contribution < 1.29 is 5.11 Å². The number of aliphatic hydroxyl groups is 1. The van der Waals surface area contributed by atoms with Gasteiger partial charge in [0.1, 0.15) is 5.82 Å². The van der Waals surface area contributed by atoms with Crippen molar-refractivity contribution in [1.82, 2.24) is 9.97 Å². The van der Waals surface area contributed by atoms with Crippen molar-refractivity contribution in [3.63, 3.8) is 0 Å². The number of benzene rings is 1. The van der Waals surface area contributed by atoms with Crippen molar-refractivity contribution in [3.05, 3.63) is 30.5 Å². The minimum absolute atomic E-state index is 0.104. The van der Waals surface area contributed by atoms with E-state index in [9.17, 15) is 5.11 Å². The summed E-state index contributed by atoms with van der Waals surface area (Å²) >= 11 is 0. The summed E-state index contributed by atoms with van der Waals surface area (Å²) in [6, 6.07) is 7.97. The van der Waals surface area contributed by atoms with Crippen LogP contribution in [0.2, 0.25) is 0 Å². The lowest BCUT2D eigenvalue weighted by molar-refractivity contribution is 0.121. The second kappa shape index (κ2) is 4.42. The van der Waals surface area contributed by atoms with Gasteiger partial charge in [0.15, 0.2) is 0 Å². The Kier molecular flexibility index (Phi) is 2.67. The first kappa shape index (κ1) is 12.1. The second-order valence-electron chi connectivity index (χ2n) is 6.21. The number of aromatic nitrogens is 2. The summed E-state index contributed by atoms with van der Waals surface area (Å²) in [6.07, 6.45) is 5.50. The van der Waals surface area contributed by atoms with E-state index in [0.717, 1.165) is 36.4 Å². The molecule has 1 aliphatic heterocycles. The molecule has 20 heavy (non-hydrogen) atoms. The van der Waals surface area contributed by atoms with Crippen LogP contribution in [0, 0.1) is 11.3 Å². The minimum Gasteiger partial charge on any atom is -0.396 e. The fourth-order valence-electron chi connectivity index (χ4n) is 3.95. The molecule has 2 aliphatic rings. The van der Waals surface area contributed by atoms with Crippen molar-refractivity contribution in [2.24, 2.45) is 11.3 Å². The Labute approximate surface area is 118 Å². The van der Waals surface area contributed by atoms with Gasteiger partial charge in [0.25, 0.3) is 0 Å². The summed E-state index contributed by atoms with van der Waals surface area (Å²) in [7, 11) is 0. The van der Waals surface area contributed by atoms with Gasteiger partial charge >= 0.3 is 0 Å². The molecule has 2 aromatic rings. The summed E-state index contributed by atoms with van der Waals surface area (Å²) in [5.41, 5.74) is 1.99. The molecule has 4 rings (SSSR count). The Morgan fingerprint density at radius 2 is 2.15 bits per heavy atom. The molecular formula is C16H19N3O. The Bertz CT molecular complexity index is 644. The standard InChI is InChI=1S/C16H19N3O/c20-11-16-7-3-4-12(16)9-19(10-16)15-8-17-13-5-1-2-6-14(13)18-15/h1-2,5-6,8,12,20H,3-4,7,9-11H2. The molecule has 1 aliphatic carbocycles. The van der Waals surface area contributed by atoms with Gasteiger partial charge in [-0.2, -0.15) is 0 Å². The van der Waals surface area contributed by atoms with Crippen LogP contribution in [0.3, 0.4) is 0 Å². The molecule has 4 nitrogen and oxygen atoms in total. The van der Waals surface area contributed by atoms with Crippen LogP contribution in [0.4, 0.5) is 5.82 Å². The minimum atomic E-state index is 0.104. The van der Waals surface area contributed by atoms with Gasteiger partial charge < -0.3 is 10.0 Å². The van der Waals surface area contributed by atoms with Crippen LogP contribution in [-0.4, -0.2) is 34.8 Å². The average Bonchev–Trinajstić information content (AvgIpc) is 3.04. The number of rotatable bonds is 2. The zero-order chi connectivity index (χ0) is 13.6. The van der Waals surface area contributed by atoms with Crippen LogP contribution in [0.15, 0.2) is 30.5 Å². The van der Waals surface area contributed by atoms with Gasteiger partial charge in [-0.05, 0) is 30.9 Å². The molecule has 0 bridgehead atoms. The van der Waals surface area contributed by atoms with E-state index >= 15 is 0 Å². The fraction of sp³-hybridized carbons (Fsp3) is 0.500. The Hall–Kier alpha value is -1.68. The summed E-state index contributed by atoms with van der Waals surface area (Å²) in [4.78, 5) is 11.5. The summed E-state index contributed by atoms with van der Waals surface area (Å²) < 4.78 is 0. The maximum absolute atomic E-state index is 9.80. The number of aliphatic hydroxyl groups excluding tert-OH is 1. The highest BCUT2D eigenvalue weighted by molar-refractivity contribution is 5.75. The van der Waals surface area contributed by atoms with Crippen molar-refractivity contribution in [2.45, 2.75) is 19.3 Å². The number of fused-ring (bicyclic) bond motifs is 2. The lowest BCUT2D eigenvalue weighted by atomic mass is 9.82. The first-order valence-corrected chi connectivity index (χ1v) is 7.38. The van der Waals surface area contributed by atoms with Crippen LogP contribution in [-0.2, 0) is 0 Å². The fourth-order valence-corrected chi connectivity index (χ4v) is 3.95. The number of anilines is 1. The summed E-state index contributed by atoms with van der Waals surface area (Å²) in [5.74, 6) is 1.56. The van der Waals surface area contributed by atoms with Crippen molar-refractivity contribution in [2.75, 3.05) is 24.6 Å². The Balaban J connectivity index is 1.67. The van der Waals surface area contributed by atoms with Gasteiger partial charge in [-0.25, -0.2) is 4.98 Å². The molecule has 2 fully saturated rings. The van der Waals surface area contributed by atoms with E-state index in [1.165, 1.54) is 12.8 Å². The number of hydrogen-bond donors (Lipinski definition) is 1. The quantitative estimate of drug-likeness (QED) is 0.908. The highest BCUT2D eigenvalue weighted by atomic mass is 16.3. The predicted octanol–water partition coefficient (Wildman–Crippen LogP) is 2.23. The van der Waals surface area contributed by atoms with Gasteiger partial charge in [-0.3, -0.25) is 4.98 Å². The van der Waals surface area contributed by atoms with Crippen LogP contribution < -0.4 is 4.90 Å². The Morgan fingerprint density at radius 3 is 2.95 bits per heavy atom. The normalized spacial score (nSPS) is 29.1. The molecule has 2 heterocycles. The topological polar surface area (TPSA) is 49.2 Å². The zero-order valence-electron chi connectivity index (χ0n) is 11.5. The smallest absolute Gasteiger partial charge is 0.147 e. The molecular weight excluding hydrogens is 250 g/mol. The summed E-state index contributed by atoms with van der Waals surface area (Å²) in [5, 5.41) is 9.80. The van der Waals surface area contributed by atoms with Crippen LogP contribution in [0.5, 0.6) is 0 Å². The van der Waals surface area contributed by atoms with Gasteiger partial charge in [-0.15, -0.1) is 0 Å². The molecule has 2 atom stereocenters. The van der Waals surface area contributed by atoms with Crippen molar-refractivity contribution >= 4 is 16.9 Å². The molecule has 4 heteroatoms. The number of para-hydroxylation sites is 2. The molecule has 1 N–H and O–H groups in total.